The highest BCUT2D eigenvalue weighted by molar-refractivity contribution is 7.80. The van der Waals surface area contributed by atoms with Crippen molar-refractivity contribution in [3.63, 3.8) is 0 Å². The lowest BCUT2D eigenvalue weighted by molar-refractivity contribution is -0.127. The van der Waals surface area contributed by atoms with E-state index in [2.05, 4.69) is 16.2 Å². The molecule has 0 saturated heterocycles. The normalized spacial score (nSPS) is 11.4. The molecule has 0 aliphatic rings. The summed E-state index contributed by atoms with van der Waals surface area (Å²) in [6.45, 7) is 1.59. The fraction of sp³-hybridized carbons (Fsp3) is 0.0952. The molecule has 3 aromatic rings. The number of rotatable bonds is 4. The van der Waals surface area contributed by atoms with E-state index in [4.69, 9.17) is 17.0 Å². The van der Waals surface area contributed by atoms with Crippen LogP contribution >= 0.6 is 12.2 Å². The summed E-state index contributed by atoms with van der Waals surface area (Å²) >= 11 is 4.97. The van der Waals surface area contributed by atoms with Gasteiger partial charge in [0.05, 0.1) is 0 Å². The van der Waals surface area contributed by atoms with Crippen molar-refractivity contribution in [3.05, 3.63) is 78.1 Å². The number of carbonyl (C=O) groups excluding carboxylic acids is 2. The Morgan fingerprint density at radius 1 is 0.966 bits per heavy atom. The Morgan fingerprint density at radius 3 is 2.38 bits per heavy atom. The molecule has 0 aromatic heterocycles. The number of nitrogens with one attached hydrogen (secondary N) is 3. The third-order valence-corrected chi connectivity index (χ3v) is 4.24. The van der Waals surface area contributed by atoms with Crippen molar-refractivity contribution >= 4 is 39.9 Å². The van der Waals surface area contributed by atoms with Gasteiger partial charge in [-0.2, -0.15) is 0 Å². The van der Waals surface area contributed by atoms with Crippen LogP contribution in [0, 0.1) is 5.82 Å². The molecule has 29 heavy (non-hydrogen) atoms. The van der Waals surface area contributed by atoms with Gasteiger partial charge >= 0.3 is 0 Å². The molecule has 2 amide bonds. The fourth-order valence-electron chi connectivity index (χ4n) is 2.53. The van der Waals surface area contributed by atoms with Gasteiger partial charge in [0, 0.05) is 5.56 Å². The Labute approximate surface area is 172 Å². The molecular formula is C21H18FN3O3S. The summed E-state index contributed by atoms with van der Waals surface area (Å²) in [5.74, 6) is -0.901. The molecule has 1 unspecified atom stereocenters. The lowest BCUT2D eigenvalue weighted by Gasteiger charge is -2.16. The summed E-state index contributed by atoms with van der Waals surface area (Å²) in [6, 6.07) is 18.3. The van der Waals surface area contributed by atoms with Crippen molar-refractivity contribution in [3.8, 4) is 5.75 Å². The molecule has 0 bridgehead atoms. The zero-order chi connectivity index (χ0) is 20.8. The van der Waals surface area contributed by atoms with Crippen LogP contribution in [0.1, 0.15) is 17.3 Å². The molecular weight excluding hydrogens is 393 g/mol. The minimum Gasteiger partial charge on any atom is -0.481 e. The predicted molar refractivity (Wildman–Crippen MR) is 112 cm³/mol. The molecule has 0 radical (unpaired) electrons. The lowest BCUT2D eigenvalue weighted by Crippen LogP contribution is -2.51. The SMILES string of the molecule is CC(Oc1ccc2ccccc2c1)C(=O)NNC(=S)NC(=O)c1ccc(F)cc1. The van der Waals surface area contributed by atoms with E-state index in [0.29, 0.717) is 5.75 Å². The van der Waals surface area contributed by atoms with E-state index in [-0.39, 0.29) is 10.7 Å². The van der Waals surface area contributed by atoms with E-state index < -0.39 is 23.7 Å². The maximum absolute atomic E-state index is 12.9. The first kappa shape index (κ1) is 20.2. The smallest absolute Gasteiger partial charge is 0.279 e. The maximum Gasteiger partial charge on any atom is 0.279 e. The first-order valence-electron chi connectivity index (χ1n) is 8.74. The maximum atomic E-state index is 12.9. The Morgan fingerprint density at radius 2 is 1.66 bits per heavy atom. The van der Waals surface area contributed by atoms with E-state index in [1.165, 1.54) is 24.3 Å². The molecule has 6 nitrogen and oxygen atoms in total. The van der Waals surface area contributed by atoms with Crippen LogP contribution in [0.3, 0.4) is 0 Å². The largest absolute Gasteiger partial charge is 0.481 e. The van der Waals surface area contributed by atoms with E-state index in [9.17, 15) is 14.0 Å². The number of amides is 2. The predicted octanol–water partition coefficient (Wildman–Crippen LogP) is 3.08. The molecule has 3 N–H and O–H groups in total. The van der Waals surface area contributed by atoms with Gasteiger partial charge in [0.25, 0.3) is 11.8 Å². The zero-order valence-corrected chi connectivity index (χ0v) is 16.3. The molecule has 0 saturated carbocycles. The number of ether oxygens (including phenoxy) is 1. The van der Waals surface area contributed by atoms with Gasteiger partial charge in [0.1, 0.15) is 11.6 Å². The van der Waals surface area contributed by atoms with Crippen LogP contribution < -0.4 is 20.9 Å². The summed E-state index contributed by atoms with van der Waals surface area (Å²) in [5, 5.41) is 4.35. The number of thiocarbonyl (C=S) groups is 1. The van der Waals surface area contributed by atoms with Gasteiger partial charge in [-0.1, -0.05) is 30.3 Å². The van der Waals surface area contributed by atoms with Gasteiger partial charge in [-0.05, 0) is 66.3 Å². The molecule has 0 fully saturated rings. The molecule has 0 heterocycles. The van der Waals surface area contributed by atoms with Crippen molar-refractivity contribution in [2.75, 3.05) is 0 Å². The molecule has 3 aromatic carbocycles. The summed E-state index contributed by atoms with van der Waals surface area (Å²) in [5.41, 5.74) is 5.04. The van der Waals surface area contributed by atoms with Crippen molar-refractivity contribution in [1.82, 2.24) is 16.2 Å². The van der Waals surface area contributed by atoms with Crippen LogP contribution in [-0.4, -0.2) is 23.0 Å². The Bertz CT molecular complexity index is 1060. The highest BCUT2D eigenvalue weighted by Crippen LogP contribution is 2.21. The van der Waals surface area contributed by atoms with Gasteiger partial charge < -0.3 is 4.74 Å². The average molecular weight is 411 g/mol. The second kappa shape index (κ2) is 9.11. The lowest BCUT2D eigenvalue weighted by atomic mass is 10.1. The summed E-state index contributed by atoms with van der Waals surface area (Å²) in [6.07, 6.45) is -0.806. The molecule has 8 heteroatoms. The number of fused-ring (bicyclic) bond motifs is 1. The van der Waals surface area contributed by atoms with E-state index in [1.807, 2.05) is 36.4 Å². The van der Waals surface area contributed by atoms with Crippen LogP contribution in [0.5, 0.6) is 5.75 Å². The number of hydrogen-bond acceptors (Lipinski definition) is 4. The minimum absolute atomic E-state index is 0.106. The highest BCUT2D eigenvalue weighted by atomic mass is 32.1. The number of carbonyl (C=O) groups is 2. The first-order valence-corrected chi connectivity index (χ1v) is 9.15. The van der Waals surface area contributed by atoms with Gasteiger partial charge in [-0.25, -0.2) is 4.39 Å². The van der Waals surface area contributed by atoms with E-state index in [1.54, 1.807) is 13.0 Å². The second-order valence-electron chi connectivity index (χ2n) is 6.17. The summed E-state index contributed by atoms with van der Waals surface area (Å²) in [4.78, 5) is 24.2. The van der Waals surface area contributed by atoms with Crippen molar-refractivity contribution in [1.29, 1.82) is 0 Å². The van der Waals surface area contributed by atoms with Crippen molar-refractivity contribution in [2.24, 2.45) is 0 Å². The monoisotopic (exact) mass is 411 g/mol. The Balaban J connectivity index is 1.49. The topological polar surface area (TPSA) is 79.5 Å². The number of hydrogen-bond donors (Lipinski definition) is 3. The zero-order valence-electron chi connectivity index (χ0n) is 15.4. The van der Waals surface area contributed by atoms with E-state index in [0.717, 1.165) is 10.8 Å². The Kier molecular flexibility index (Phi) is 6.36. The van der Waals surface area contributed by atoms with Crippen LogP contribution in [0.25, 0.3) is 10.8 Å². The second-order valence-corrected chi connectivity index (χ2v) is 6.58. The summed E-state index contributed by atoms with van der Waals surface area (Å²) in [7, 11) is 0. The first-order chi connectivity index (χ1) is 13.9. The van der Waals surface area contributed by atoms with Crippen LogP contribution in [0.4, 0.5) is 4.39 Å². The quantitative estimate of drug-likeness (QED) is 0.454. The van der Waals surface area contributed by atoms with Gasteiger partial charge in [0.2, 0.25) is 0 Å². The van der Waals surface area contributed by atoms with Gasteiger partial charge in [0.15, 0.2) is 11.2 Å². The van der Waals surface area contributed by atoms with Crippen molar-refractivity contribution in [2.45, 2.75) is 13.0 Å². The molecule has 3 rings (SSSR count). The average Bonchev–Trinajstić information content (AvgIpc) is 2.72. The van der Waals surface area contributed by atoms with E-state index >= 15 is 0 Å². The Hall–Kier alpha value is -3.52. The third-order valence-electron chi connectivity index (χ3n) is 4.04. The molecule has 0 aliphatic heterocycles. The standard InChI is InChI=1S/C21H18FN3O3S/c1-13(28-18-11-8-14-4-2-3-5-16(14)12-18)19(26)24-25-21(29)23-20(27)15-6-9-17(22)10-7-15/h2-13H,1H3,(H,24,26)(H2,23,25,27,29). The van der Waals surface area contributed by atoms with Crippen LogP contribution in [0.2, 0.25) is 0 Å². The van der Waals surface area contributed by atoms with Gasteiger partial charge in [-0.3, -0.25) is 25.8 Å². The molecule has 148 valence electrons. The molecule has 0 spiro atoms. The highest BCUT2D eigenvalue weighted by Gasteiger charge is 2.15. The third kappa shape index (κ3) is 5.49. The van der Waals surface area contributed by atoms with Crippen LogP contribution in [-0.2, 0) is 4.79 Å². The fourth-order valence-corrected chi connectivity index (χ4v) is 2.67. The van der Waals surface area contributed by atoms with Gasteiger partial charge in [-0.15, -0.1) is 0 Å². The minimum atomic E-state index is -0.806. The molecule has 0 aliphatic carbocycles. The molecule has 1 atom stereocenters. The number of hydrazine groups is 1. The number of halogens is 1. The van der Waals surface area contributed by atoms with Crippen LogP contribution in [0.15, 0.2) is 66.7 Å². The summed E-state index contributed by atoms with van der Waals surface area (Å²) < 4.78 is 18.6. The van der Waals surface area contributed by atoms with Crippen molar-refractivity contribution < 1.29 is 18.7 Å². The number of benzene rings is 3.